The number of hydrogen-bond donors (Lipinski definition) is 1. The molecule has 2 rings (SSSR count). The summed E-state index contributed by atoms with van der Waals surface area (Å²) in [5.41, 5.74) is 1.15. The summed E-state index contributed by atoms with van der Waals surface area (Å²) in [4.78, 5) is 10.4. The van der Waals surface area contributed by atoms with Gasteiger partial charge in [0.05, 0.1) is 12.0 Å². The second-order valence-electron chi connectivity index (χ2n) is 4.23. The Hall–Kier alpha value is -2.15. The fourth-order valence-electron chi connectivity index (χ4n) is 1.82. The Balaban J connectivity index is 2.18. The molecule has 0 aliphatic rings. The first-order chi connectivity index (χ1) is 10.0. The first-order valence-electron chi connectivity index (χ1n) is 6.01. The zero-order chi connectivity index (χ0) is 15.4. The lowest BCUT2D eigenvalue weighted by Gasteiger charge is -2.09. The van der Waals surface area contributed by atoms with Crippen LogP contribution >= 0.6 is 15.9 Å². The fourth-order valence-corrected chi connectivity index (χ4v) is 2.21. The second kappa shape index (κ2) is 6.53. The van der Waals surface area contributed by atoms with E-state index in [1.54, 1.807) is 12.1 Å². The Morgan fingerprint density at radius 3 is 2.76 bits per heavy atom. The molecule has 0 aliphatic heterocycles. The van der Waals surface area contributed by atoms with Crippen LogP contribution in [-0.2, 0) is 6.54 Å². The predicted octanol–water partition coefficient (Wildman–Crippen LogP) is 4.12. The van der Waals surface area contributed by atoms with Crippen molar-refractivity contribution in [1.29, 1.82) is 0 Å². The minimum absolute atomic E-state index is 0.124. The average molecular weight is 355 g/mol. The van der Waals surface area contributed by atoms with Crippen molar-refractivity contribution in [3.63, 3.8) is 0 Å². The average Bonchev–Trinajstić information content (AvgIpc) is 2.47. The highest BCUT2D eigenvalue weighted by Crippen LogP contribution is 2.30. The van der Waals surface area contributed by atoms with Crippen LogP contribution in [0.25, 0.3) is 0 Å². The number of methoxy groups -OCH3 is 1. The molecule has 0 radical (unpaired) electrons. The maximum Gasteiger partial charge on any atom is 0.312 e. The van der Waals surface area contributed by atoms with Crippen LogP contribution in [0.5, 0.6) is 5.75 Å². The summed E-state index contributed by atoms with van der Waals surface area (Å²) in [6.07, 6.45) is 0. The highest BCUT2D eigenvalue weighted by Gasteiger charge is 2.15. The Morgan fingerprint density at radius 2 is 2.10 bits per heavy atom. The molecule has 0 saturated heterocycles. The lowest BCUT2D eigenvalue weighted by atomic mass is 10.2. The predicted molar refractivity (Wildman–Crippen MR) is 81.1 cm³/mol. The van der Waals surface area contributed by atoms with Crippen molar-refractivity contribution < 1.29 is 14.1 Å². The summed E-state index contributed by atoms with van der Waals surface area (Å²) in [6.45, 7) is 0.335. The number of hydrogen-bond acceptors (Lipinski definition) is 4. The number of rotatable bonds is 5. The van der Waals surface area contributed by atoms with Crippen LogP contribution in [0.1, 0.15) is 5.56 Å². The zero-order valence-electron chi connectivity index (χ0n) is 11.1. The van der Waals surface area contributed by atoms with E-state index >= 15 is 0 Å². The highest BCUT2D eigenvalue weighted by atomic mass is 79.9. The molecule has 0 bridgehead atoms. The quantitative estimate of drug-likeness (QED) is 0.647. The maximum absolute atomic E-state index is 13.2. The smallest absolute Gasteiger partial charge is 0.312 e. The first-order valence-corrected chi connectivity index (χ1v) is 6.81. The third-order valence-electron chi connectivity index (χ3n) is 2.87. The van der Waals surface area contributed by atoms with E-state index in [1.165, 1.54) is 31.4 Å². The molecule has 2 aromatic carbocycles. The Morgan fingerprint density at radius 1 is 1.33 bits per heavy atom. The van der Waals surface area contributed by atoms with Gasteiger partial charge in [0.15, 0.2) is 5.75 Å². The molecule has 2 aromatic rings. The van der Waals surface area contributed by atoms with Crippen LogP contribution in [0.15, 0.2) is 40.9 Å². The number of anilines is 1. The molecule has 0 aliphatic carbocycles. The minimum atomic E-state index is -0.512. The SMILES string of the molecule is COc1ccc(NCc2cc(F)ccc2Br)cc1[N+](=O)[O-]. The lowest BCUT2D eigenvalue weighted by molar-refractivity contribution is -0.385. The van der Waals surface area contributed by atoms with Crippen molar-refractivity contribution in [2.75, 3.05) is 12.4 Å². The Labute approximate surface area is 129 Å². The van der Waals surface area contributed by atoms with Crippen LogP contribution < -0.4 is 10.1 Å². The van der Waals surface area contributed by atoms with Gasteiger partial charge in [0, 0.05) is 22.8 Å². The van der Waals surface area contributed by atoms with E-state index < -0.39 is 4.92 Å². The van der Waals surface area contributed by atoms with Crippen molar-refractivity contribution >= 4 is 27.3 Å². The van der Waals surface area contributed by atoms with E-state index in [0.717, 1.165) is 4.47 Å². The van der Waals surface area contributed by atoms with Gasteiger partial charge in [0.1, 0.15) is 5.82 Å². The Kier molecular flexibility index (Phi) is 4.74. The van der Waals surface area contributed by atoms with Gasteiger partial charge in [-0.3, -0.25) is 10.1 Å². The number of benzene rings is 2. The van der Waals surface area contributed by atoms with Crippen LogP contribution in [0, 0.1) is 15.9 Å². The number of halogens is 2. The van der Waals surface area contributed by atoms with E-state index in [9.17, 15) is 14.5 Å². The molecule has 0 saturated carbocycles. The van der Waals surface area contributed by atoms with E-state index in [0.29, 0.717) is 17.8 Å². The van der Waals surface area contributed by atoms with E-state index in [2.05, 4.69) is 21.2 Å². The molecule has 0 atom stereocenters. The molecular weight excluding hydrogens is 343 g/mol. The first kappa shape index (κ1) is 15.2. The molecule has 110 valence electrons. The lowest BCUT2D eigenvalue weighted by Crippen LogP contribution is -2.02. The largest absolute Gasteiger partial charge is 0.490 e. The Bertz CT molecular complexity index is 679. The molecule has 5 nitrogen and oxygen atoms in total. The van der Waals surface area contributed by atoms with Crippen molar-refractivity contribution in [2.45, 2.75) is 6.54 Å². The maximum atomic E-state index is 13.2. The van der Waals surface area contributed by atoms with Gasteiger partial charge in [-0.15, -0.1) is 0 Å². The summed E-state index contributed by atoms with van der Waals surface area (Å²) in [7, 11) is 1.37. The monoisotopic (exact) mass is 354 g/mol. The molecule has 1 N–H and O–H groups in total. The molecule has 0 amide bonds. The van der Waals surface area contributed by atoms with E-state index in [1.807, 2.05) is 0 Å². The summed E-state index contributed by atoms with van der Waals surface area (Å²) in [5, 5.41) is 14.0. The molecule has 0 fully saturated rings. The zero-order valence-corrected chi connectivity index (χ0v) is 12.7. The van der Waals surface area contributed by atoms with Crippen molar-refractivity contribution in [2.24, 2.45) is 0 Å². The highest BCUT2D eigenvalue weighted by molar-refractivity contribution is 9.10. The summed E-state index contributed by atoms with van der Waals surface area (Å²) in [6, 6.07) is 8.93. The second-order valence-corrected chi connectivity index (χ2v) is 5.09. The number of nitrogens with zero attached hydrogens (tertiary/aromatic N) is 1. The summed E-state index contributed by atoms with van der Waals surface area (Å²) >= 11 is 3.33. The molecule has 0 aromatic heterocycles. The summed E-state index contributed by atoms with van der Waals surface area (Å²) in [5.74, 6) is -0.145. The normalized spacial score (nSPS) is 10.2. The molecule has 0 heterocycles. The number of nitrogens with one attached hydrogen (secondary N) is 1. The third-order valence-corrected chi connectivity index (χ3v) is 3.64. The van der Waals surface area contributed by atoms with Crippen LogP contribution in [0.2, 0.25) is 0 Å². The van der Waals surface area contributed by atoms with Gasteiger partial charge in [0.25, 0.3) is 0 Å². The van der Waals surface area contributed by atoms with Crippen LogP contribution in [0.4, 0.5) is 15.8 Å². The van der Waals surface area contributed by atoms with E-state index in [-0.39, 0.29) is 17.3 Å². The number of nitro groups is 1. The molecular formula is C14H12BrFN2O3. The molecule has 0 spiro atoms. The standard InChI is InChI=1S/C14H12BrFN2O3/c1-21-14-5-3-11(7-13(14)18(19)20)17-8-9-6-10(16)2-4-12(9)15/h2-7,17H,8H2,1H3. The minimum Gasteiger partial charge on any atom is -0.490 e. The fraction of sp³-hybridized carbons (Fsp3) is 0.143. The van der Waals surface area contributed by atoms with Gasteiger partial charge in [-0.05, 0) is 35.9 Å². The van der Waals surface area contributed by atoms with Crippen LogP contribution in [0.3, 0.4) is 0 Å². The van der Waals surface area contributed by atoms with Gasteiger partial charge in [-0.2, -0.15) is 0 Å². The van der Waals surface area contributed by atoms with Crippen molar-refractivity contribution in [1.82, 2.24) is 0 Å². The van der Waals surface area contributed by atoms with Gasteiger partial charge in [-0.25, -0.2) is 4.39 Å². The van der Waals surface area contributed by atoms with Crippen molar-refractivity contribution in [3.8, 4) is 5.75 Å². The van der Waals surface area contributed by atoms with E-state index in [4.69, 9.17) is 4.74 Å². The molecule has 21 heavy (non-hydrogen) atoms. The third kappa shape index (κ3) is 3.69. The number of ether oxygens (including phenoxy) is 1. The topological polar surface area (TPSA) is 64.4 Å². The van der Waals surface area contributed by atoms with Gasteiger partial charge in [0.2, 0.25) is 0 Å². The summed E-state index contributed by atoms with van der Waals surface area (Å²) < 4.78 is 18.9. The molecule has 0 unspecified atom stereocenters. The van der Waals surface area contributed by atoms with Gasteiger partial charge < -0.3 is 10.1 Å². The van der Waals surface area contributed by atoms with Gasteiger partial charge in [-0.1, -0.05) is 15.9 Å². The number of nitro benzene ring substituents is 1. The molecule has 7 heteroatoms. The van der Waals surface area contributed by atoms with Crippen molar-refractivity contribution in [3.05, 3.63) is 62.4 Å². The van der Waals surface area contributed by atoms with Crippen LogP contribution in [-0.4, -0.2) is 12.0 Å². The van der Waals surface area contributed by atoms with Gasteiger partial charge >= 0.3 is 5.69 Å².